The molecule has 0 fully saturated rings. The third-order valence-corrected chi connectivity index (χ3v) is 3.84. The van der Waals surface area contributed by atoms with E-state index >= 15 is 0 Å². The van der Waals surface area contributed by atoms with E-state index in [2.05, 4.69) is 4.98 Å². The van der Waals surface area contributed by atoms with Crippen molar-refractivity contribution in [2.75, 3.05) is 6.61 Å². The highest BCUT2D eigenvalue weighted by Crippen LogP contribution is 2.22. The minimum absolute atomic E-state index is 0.0729. The molecule has 1 unspecified atom stereocenters. The number of aromatic nitrogens is 2. The van der Waals surface area contributed by atoms with Crippen molar-refractivity contribution >= 4 is 22.9 Å². The Morgan fingerprint density at radius 2 is 2.35 bits per heavy atom. The van der Waals surface area contributed by atoms with Crippen molar-refractivity contribution in [3.05, 3.63) is 39.6 Å². The number of aliphatic hydroxyl groups is 1. The standard InChI is InChI=1S/C11H14ClN3OS/c12-11-2-1-8(17-11)3-4-15-7-14-5-10(15)9(13)6-16/h1-2,5,7,9,16H,3-4,6,13H2. The van der Waals surface area contributed by atoms with Gasteiger partial charge in [0.05, 0.1) is 29.0 Å². The second-order valence-electron chi connectivity index (χ2n) is 3.76. The maximum Gasteiger partial charge on any atom is 0.0948 e. The molecule has 0 aromatic carbocycles. The van der Waals surface area contributed by atoms with Crippen molar-refractivity contribution in [2.24, 2.45) is 5.73 Å². The van der Waals surface area contributed by atoms with Gasteiger partial charge in [-0.05, 0) is 18.6 Å². The first-order valence-corrected chi connectivity index (χ1v) is 6.51. The monoisotopic (exact) mass is 271 g/mol. The molecule has 0 saturated heterocycles. The van der Waals surface area contributed by atoms with E-state index in [0.717, 1.165) is 23.0 Å². The van der Waals surface area contributed by atoms with Gasteiger partial charge in [-0.25, -0.2) is 4.98 Å². The molecule has 0 saturated carbocycles. The zero-order valence-corrected chi connectivity index (χ0v) is 10.8. The Labute approximate surface area is 109 Å². The number of hydrogen-bond acceptors (Lipinski definition) is 4. The van der Waals surface area contributed by atoms with Crippen LogP contribution in [0.15, 0.2) is 24.7 Å². The Morgan fingerprint density at radius 3 is 3.00 bits per heavy atom. The molecular weight excluding hydrogens is 258 g/mol. The predicted octanol–water partition coefficient (Wildman–Crippen LogP) is 1.83. The molecule has 92 valence electrons. The largest absolute Gasteiger partial charge is 0.394 e. The van der Waals surface area contributed by atoms with Gasteiger partial charge in [-0.3, -0.25) is 0 Å². The van der Waals surface area contributed by atoms with Crippen LogP contribution in [0.4, 0.5) is 0 Å². The van der Waals surface area contributed by atoms with Gasteiger partial charge in [0.15, 0.2) is 0 Å². The van der Waals surface area contributed by atoms with Crippen LogP contribution in [0, 0.1) is 0 Å². The normalized spacial score (nSPS) is 12.9. The smallest absolute Gasteiger partial charge is 0.0948 e. The van der Waals surface area contributed by atoms with Crippen LogP contribution < -0.4 is 5.73 Å². The van der Waals surface area contributed by atoms with Gasteiger partial charge in [0.1, 0.15) is 0 Å². The van der Waals surface area contributed by atoms with Gasteiger partial charge in [0.25, 0.3) is 0 Å². The summed E-state index contributed by atoms with van der Waals surface area (Å²) in [6.45, 7) is 0.719. The molecule has 0 aliphatic carbocycles. The molecule has 0 radical (unpaired) electrons. The van der Waals surface area contributed by atoms with Crippen LogP contribution in [-0.2, 0) is 13.0 Å². The van der Waals surface area contributed by atoms with Crippen molar-refractivity contribution in [3.63, 3.8) is 0 Å². The van der Waals surface area contributed by atoms with Crippen LogP contribution in [0.5, 0.6) is 0 Å². The Balaban J connectivity index is 2.01. The number of nitrogens with zero attached hydrogens (tertiary/aromatic N) is 2. The minimum atomic E-state index is -0.371. The number of rotatable bonds is 5. The summed E-state index contributed by atoms with van der Waals surface area (Å²) in [6.07, 6.45) is 4.32. The highest BCUT2D eigenvalue weighted by molar-refractivity contribution is 7.16. The van der Waals surface area contributed by atoms with Gasteiger partial charge < -0.3 is 15.4 Å². The van der Waals surface area contributed by atoms with Crippen LogP contribution in [0.1, 0.15) is 16.6 Å². The maximum atomic E-state index is 9.04. The van der Waals surface area contributed by atoms with Crippen molar-refractivity contribution in [1.29, 1.82) is 0 Å². The average molecular weight is 272 g/mol. The van der Waals surface area contributed by atoms with Gasteiger partial charge in [0.2, 0.25) is 0 Å². The van der Waals surface area contributed by atoms with E-state index < -0.39 is 0 Å². The van der Waals surface area contributed by atoms with Gasteiger partial charge >= 0.3 is 0 Å². The summed E-state index contributed by atoms with van der Waals surface area (Å²) in [5.74, 6) is 0. The van der Waals surface area contributed by atoms with Crippen LogP contribution in [0.3, 0.4) is 0 Å². The zero-order chi connectivity index (χ0) is 12.3. The third-order valence-electron chi connectivity index (χ3n) is 2.55. The maximum absolute atomic E-state index is 9.04. The molecule has 4 nitrogen and oxygen atoms in total. The Hall–Kier alpha value is -0.880. The van der Waals surface area contributed by atoms with E-state index in [1.54, 1.807) is 23.9 Å². The van der Waals surface area contributed by atoms with Crippen LogP contribution >= 0.6 is 22.9 Å². The molecule has 17 heavy (non-hydrogen) atoms. The fourth-order valence-electron chi connectivity index (χ4n) is 1.64. The Bertz CT molecular complexity index is 483. The molecule has 0 bridgehead atoms. The van der Waals surface area contributed by atoms with E-state index in [4.69, 9.17) is 22.4 Å². The molecular formula is C11H14ClN3OS. The molecule has 1 atom stereocenters. The summed E-state index contributed by atoms with van der Waals surface area (Å²) >= 11 is 7.45. The zero-order valence-electron chi connectivity index (χ0n) is 9.21. The third kappa shape index (κ3) is 3.07. The summed E-state index contributed by atoms with van der Waals surface area (Å²) < 4.78 is 2.77. The van der Waals surface area contributed by atoms with Gasteiger partial charge in [-0.15, -0.1) is 11.3 Å². The van der Waals surface area contributed by atoms with E-state index in [1.807, 2.05) is 16.7 Å². The van der Waals surface area contributed by atoms with Gasteiger partial charge in [0, 0.05) is 17.6 Å². The molecule has 0 spiro atoms. The van der Waals surface area contributed by atoms with Gasteiger partial charge in [-0.2, -0.15) is 0 Å². The number of halogens is 1. The average Bonchev–Trinajstić information content (AvgIpc) is 2.94. The molecule has 0 amide bonds. The number of thiophene rings is 1. The number of hydrogen-bond donors (Lipinski definition) is 2. The lowest BCUT2D eigenvalue weighted by Crippen LogP contribution is -2.19. The highest BCUT2D eigenvalue weighted by Gasteiger charge is 2.10. The SMILES string of the molecule is NC(CO)c1cncn1CCc1ccc(Cl)s1. The number of nitrogens with two attached hydrogens (primary N) is 1. The van der Waals surface area contributed by atoms with Crippen LogP contribution in [0.25, 0.3) is 0 Å². The van der Waals surface area contributed by atoms with Gasteiger partial charge in [-0.1, -0.05) is 11.6 Å². The quantitative estimate of drug-likeness (QED) is 0.872. The fraction of sp³-hybridized carbons (Fsp3) is 0.364. The second kappa shape index (κ2) is 5.64. The van der Waals surface area contributed by atoms with E-state index in [-0.39, 0.29) is 12.6 Å². The van der Waals surface area contributed by atoms with E-state index in [1.165, 1.54) is 4.88 Å². The lowest BCUT2D eigenvalue weighted by molar-refractivity contribution is 0.263. The first-order chi connectivity index (χ1) is 8.20. The molecule has 2 aromatic rings. The topological polar surface area (TPSA) is 64.1 Å². The molecule has 2 heterocycles. The van der Waals surface area contributed by atoms with Crippen molar-refractivity contribution in [1.82, 2.24) is 9.55 Å². The summed E-state index contributed by atoms with van der Waals surface area (Å²) in [4.78, 5) is 5.29. The van der Waals surface area contributed by atoms with E-state index in [9.17, 15) is 0 Å². The Kier molecular flexibility index (Phi) is 4.17. The van der Waals surface area contributed by atoms with Crippen molar-refractivity contribution < 1.29 is 5.11 Å². The summed E-state index contributed by atoms with van der Waals surface area (Å²) in [5.41, 5.74) is 6.64. The summed E-state index contributed by atoms with van der Waals surface area (Å²) in [7, 11) is 0. The van der Waals surface area contributed by atoms with Crippen molar-refractivity contribution in [3.8, 4) is 0 Å². The first-order valence-electron chi connectivity index (χ1n) is 5.31. The van der Waals surface area contributed by atoms with Crippen LogP contribution in [-0.4, -0.2) is 21.3 Å². The number of aliphatic hydroxyl groups excluding tert-OH is 1. The molecule has 6 heteroatoms. The van der Waals surface area contributed by atoms with E-state index in [0.29, 0.717) is 0 Å². The predicted molar refractivity (Wildman–Crippen MR) is 69.3 cm³/mol. The highest BCUT2D eigenvalue weighted by atomic mass is 35.5. The molecule has 0 aliphatic rings. The molecule has 0 aliphatic heterocycles. The number of imidazole rings is 1. The summed E-state index contributed by atoms with van der Waals surface area (Å²) in [6, 6.07) is 3.55. The lowest BCUT2D eigenvalue weighted by Gasteiger charge is -2.11. The fourth-order valence-corrected chi connectivity index (χ4v) is 2.71. The summed E-state index contributed by atoms with van der Waals surface area (Å²) in [5, 5.41) is 9.04. The van der Waals surface area contributed by atoms with Crippen molar-refractivity contribution in [2.45, 2.75) is 19.0 Å². The molecule has 2 aromatic heterocycles. The number of aryl methyl sites for hydroxylation is 2. The van der Waals surface area contributed by atoms with Crippen LogP contribution in [0.2, 0.25) is 4.34 Å². The second-order valence-corrected chi connectivity index (χ2v) is 5.56. The molecule has 3 N–H and O–H groups in total. The molecule has 2 rings (SSSR count). The lowest BCUT2D eigenvalue weighted by atomic mass is 10.2. The minimum Gasteiger partial charge on any atom is -0.394 e. The Morgan fingerprint density at radius 1 is 1.53 bits per heavy atom. The first kappa shape index (κ1) is 12.6.